The predicted molar refractivity (Wildman–Crippen MR) is 123 cm³/mol. The van der Waals surface area contributed by atoms with Crippen molar-refractivity contribution in [3.05, 3.63) is 88.1 Å². The molecule has 1 amide bonds. The number of aromatic nitrogens is 2. The van der Waals surface area contributed by atoms with Crippen molar-refractivity contribution >= 4 is 51.1 Å². The third-order valence-corrected chi connectivity index (χ3v) is 4.98. The molecule has 0 radical (unpaired) electrons. The second-order valence-corrected chi connectivity index (χ2v) is 7.67. The highest BCUT2D eigenvalue weighted by molar-refractivity contribution is 14.1. The molecular weight excluding hydrogens is 493 g/mol. The first-order chi connectivity index (χ1) is 14.6. The third kappa shape index (κ3) is 4.62. The molecule has 0 bridgehead atoms. The molecule has 2 aromatic heterocycles. The van der Waals surface area contributed by atoms with E-state index in [1.807, 2.05) is 54.6 Å². The highest BCUT2D eigenvalue weighted by Crippen LogP contribution is 2.24. The monoisotopic (exact) mass is 509 g/mol. The minimum atomic E-state index is -0.594. The molecule has 7 heteroatoms. The van der Waals surface area contributed by atoms with Gasteiger partial charge in [0.1, 0.15) is 0 Å². The Bertz CT molecular complexity index is 1230. The molecule has 4 rings (SSSR count). The first kappa shape index (κ1) is 20.0. The summed E-state index contributed by atoms with van der Waals surface area (Å²) in [5.41, 5.74) is 2.84. The van der Waals surface area contributed by atoms with Crippen LogP contribution in [0.1, 0.15) is 10.4 Å². The van der Waals surface area contributed by atoms with E-state index in [-0.39, 0.29) is 6.61 Å². The summed E-state index contributed by atoms with van der Waals surface area (Å²) in [7, 11) is 0. The number of nitrogens with zero attached hydrogens (tertiary/aromatic N) is 2. The number of para-hydroxylation sites is 1. The lowest BCUT2D eigenvalue weighted by molar-refractivity contribution is -0.119. The third-order valence-electron chi connectivity index (χ3n) is 4.31. The second-order valence-electron chi connectivity index (χ2n) is 6.42. The quantitative estimate of drug-likeness (QED) is 0.312. The molecule has 0 fully saturated rings. The van der Waals surface area contributed by atoms with E-state index in [9.17, 15) is 9.59 Å². The molecule has 148 valence electrons. The van der Waals surface area contributed by atoms with Gasteiger partial charge in [0.05, 0.1) is 22.5 Å². The lowest BCUT2D eigenvalue weighted by Crippen LogP contribution is -2.21. The summed E-state index contributed by atoms with van der Waals surface area (Å²) in [5.74, 6) is -1.00. The van der Waals surface area contributed by atoms with Gasteiger partial charge in [0.25, 0.3) is 5.91 Å². The average molecular weight is 509 g/mol. The number of carbonyl (C=O) groups is 2. The molecule has 1 N–H and O–H groups in total. The predicted octanol–water partition coefficient (Wildman–Crippen LogP) is 4.70. The summed E-state index contributed by atoms with van der Waals surface area (Å²) in [6, 6.07) is 21.8. The van der Waals surface area contributed by atoms with Crippen LogP contribution in [0.4, 0.5) is 5.69 Å². The summed E-state index contributed by atoms with van der Waals surface area (Å²) >= 11 is 2.16. The van der Waals surface area contributed by atoms with Gasteiger partial charge in [-0.05, 0) is 65.1 Å². The van der Waals surface area contributed by atoms with Crippen LogP contribution >= 0.6 is 22.6 Å². The molecule has 0 atom stereocenters. The van der Waals surface area contributed by atoms with Crippen molar-refractivity contribution in [3.8, 4) is 11.4 Å². The van der Waals surface area contributed by atoms with Gasteiger partial charge in [-0.2, -0.15) is 0 Å². The van der Waals surface area contributed by atoms with E-state index in [4.69, 9.17) is 4.74 Å². The number of amides is 1. The van der Waals surface area contributed by atoms with Gasteiger partial charge in [-0.15, -0.1) is 0 Å². The van der Waals surface area contributed by atoms with E-state index in [2.05, 4.69) is 37.9 Å². The van der Waals surface area contributed by atoms with Crippen LogP contribution in [0.15, 0.2) is 79.0 Å². The molecule has 30 heavy (non-hydrogen) atoms. The van der Waals surface area contributed by atoms with Gasteiger partial charge in [-0.25, -0.2) is 9.78 Å². The summed E-state index contributed by atoms with van der Waals surface area (Å²) in [6.45, 7) is -0.389. The van der Waals surface area contributed by atoms with E-state index in [1.54, 1.807) is 24.4 Å². The van der Waals surface area contributed by atoms with Crippen LogP contribution in [-0.4, -0.2) is 28.5 Å². The zero-order chi connectivity index (χ0) is 20.9. The first-order valence-corrected chi connectivity index (χ1v) is 10.2. The Balaban J connectivity index is 1.56. The number of benzene rings is 2. The number of nitrogens with one attached hydrogen (secondary N) is 1. The van der Waals surface area contributed by atoms with Crippen molar-refractivity contribution in [1.82, 2.24) is 9.97 Å². The molecule has 6 nitrogen and oxygen atoms in total. The summed E-state index contributed by atoms with van der Waals surface area (Å²) in [6.07, 6.45) is 1.67. The van der Waals surface area contributed by atoms with Crippen LogP contribution in [-0.2, 0) is 9.53 Å². The Morgan fingerprint density at radius 1 is 0.933 bits per heavy atom. The van der Waals surface area contributed by atoms with Crippen molar-refractivity contribution < 1.29 is 14.3 Å². The van der Waals surface area contributed by atoms with Gasteiger partial charge < -0.3 is 10.1 Å². The maximum absolute atomic E-state index is 12.8. The molecule has 0 saturated heterocycles. The topological polar surface area (TPSA) is 81.2 Å². The van der Waals surface area contributed by atoms with Gasteiger partial charge in [-0.1, -0.05) is 30.3 Å². The molecule has 4 aromatic rings. The molecule has 2 heterocycles. The fourth-order valence-corrected chi connectivity index (χ4v) is 3.51. The number of hydrogen-bond acceptors (Lipinski definition) is 5. The van der Waals surface area contributed by atoms with Gasteiger partial charge >= 0.3 is 5.97 Å². The zero-order valence-electron chi connectivity index (χ0n) is 15.7. The Labute approximate surface area is 186 Å². The smallest absolute Gasteiger partial charge is 0.339 e. The minimum absolute atomic E-state index is 0.336. The Morgan fingerprint density at radius 2 is 1.77 bits per heavy atom. The average Bonchev–Trinajstić information content (AvgIpc) is 2.77. The van der Waals surface area contributed by atoms with Crippen molar-refractivity contribution in [3.63, 3.8) is 0 Å². The fraction of sp³-hybridized carbons (Fsp3) is 0.0435. The lowest BCUT2D eigenvalue weighted by Gasteiger charge is -2.10. The molecule has 2 aromatic carbocycles. The van der Waals surface area contributed by atoms with Crippen LogP contribution in [0.5, 0.6) is 0 Å². The molecule has 0 unspecified atom stereocenters. The summed E-state index contributed by atoms with van der Waals surface area (Å²) in [4.78, 5) is 33.9. The Morgan fingerprint density at radius 3 is 2.57 bits per heavy atom. The van der Waals surface area contributed by atoms with Crippen molar-refractivity contribution in [2.75, 3.05) is 11.9 Å². The van der Waals surface area contributed by atoms with Crippen LogP contribution in [0.2, 0.25) is 0 Å². The van der Waals surface area contributed by atoms with E-state index in [1.165, 1.54) is 0 Å². The molecule has 0 spiro atoms. The second kappa shape index (κ2) is 9.00. The van der Waals surface area contributed by atoms with Gasteiger partial charge in [0.2, 0.25) is 0 Å². The van der Waals surface area contributed by atoms with Crippen LogP contribution in [0.25, 0.3) is 22.3 Å². The van der Waals surface area contributed by atoms with Crippen LogP contribution in [0, 0.1) is 3.57 Å². The summed E-state index contributed by atoms with van der Waals surface area (Å²) < 4.78 is 6.28. The molecule has 0 aliphatic heterocycles. The van der Waals surface area contributed by atoms with Crippen molar-refractivity contribution in [2.24, 2.45) is 0 Å². The standard InChI is InChI=1S/C23H16IN3O3/c24-15-6-5-7-16(12-15)26-22(28)14-30-23(29)18-13-21(20-10-3-4-11-25-20)27-19-9-2-1-8-17(18)19/h1-13H,14H2,(H,26,28). The number of esters is 1. The number of ether oxygens (including phenoxy) is 1. The molecule has 0 saturated carbocycles. The normalized spacial score (nSPS) is 10.6. The number of rotatable bonds is 5. The number of fused-ring (bicyclic) bond motifs is 1. The zero-order valence-corrected chi connectivity index (χ0v) is 17.9. The number of hydrogen-bond donors (Lipinski definition) is 1. The summed E-state index contributed by atoms with van der Waals surface area (Å²) in [5, 5.41) is 3.37. The number of pyridine rings is 2. The maximum atomic E-state index is 12.8. The van der Waals surface area contributed by atoms with Gasteiger partial charge in [0, 0.05) is 20.8 Å². The van der Waals surface area contributed by atoms with Crippen LogP contribution < -0.4 is 5.32 Å². The number of halogens is 1. The molecule has 0 aliphatic rings. The molecular formula is C23H16IN3O3. The fourth-order valence-electron chi connectivity index (χ4n) is 2.96. The van der Waals surface area contributed by atoms with E-state index in [0.717, 1.165) is 3.57 Å². The van der Waals surface area contributed by atoms with Crippen molar-refractivity contribution in [2.45, 2.75) is 0 Å². The van der Waals surface area contributed by atoms with Gasteiger partial charge in [0.15, 0.2) is 6.61 Å². The minimum Gasteiger partial charge on any atom is -0.452 e. The largest absolute Gasteiger partial charge is 0.452 e. The number of anilines is 1. The lowest BCUT2D eigenvalue weighted by atomic mass is 10.1. The maximum Gasteiger partial charge on any atom is 0.339 e. The van der Waals surface area contributed by atoms with Crippen molar-refractivity contribution in [1.29, 1.82) is 0 Å². The number of carbonyl (C=O) groups excluding carboxylic acids is 2. The van der Waals surface area contributed by atoms with E-state index in [0.29, 0.717) is 33.5 Å². The van der Waals surface area contributed by atoms with E-state index < -0.39 is 11.9 Å². The highest BCUT2D eigenvalue weighted by Gasteiger charge is 2.17. The SMILES string of the molecule is O=C(COC(=O)c1cc(-c2ccccn2)nc2ccccc12)Nc1cccc(I)c1. The first-order valence-electron chi connectivity index (χ1n) is 9.14. The highest BCUT2D eigenvalue weighted by atomic mass is 127. The van der Waals surface area contributed by atoms with Gasteiger partial charge in [-0.3, -0.25) is 9.78 Å². The molecule has 0 aliphatic carbocycles. The Kier molecular flexibility index (Phi) is 5.99. The van der Waals surface area contributed by atoms with E-state index >= 15 is 0 Å². The van der Waals surface area contributed by atoms with Crippen LogP contribution in [0.3, 0.4) is 0 Å². The Hall–Kier alpha value is -3.33.